The summed E-state index contributed by atoms with van der Waals surface area (Å²) in [5, 5.41) is 12.6. The van der Waals surface area contributed by atoms with E-state index in [0.29, 0.717) is 5.56 Å². The predicted molar refractivity (Wildman–Crippen MR) is 127 cm³/mol. The van der Waals surface area contributed by atoms with Gasteiger partial charge in [-0.05, 0) is 57.7 Å². The van der Waals surface area contributed by atoms with Gasteiger partial charge < -0.3 is 34.1 Å². The van der Waals surface area contributed by atoms with Gasteiger partial charge in [0.15, 0.2) is 11.5 Å². The van der Waals surface area contributed by atoms with Crippen LogP contribution in [0.1, 0.15) is 58.4 Å². The average Bonchev–Trinajstić information content (AvgIpc) is 2.83. The van der Waals surface area contributed by atoms with Crippen LogP contribution in [-0.2, 0) is 30.2 Å². The highest BCUT2D eigenvalue weighted by Gasteiger charge is 2.25. The first-order chi connectivity index (χ1) is 17.2. The molecule has 0 bridgehead atoms. The van der Waals surface area contributed by atoms with E-state index in [1.54, 1.807) is 20.8 Å². The van der Waals surface area contributed by atoms with E-state index in [1.165, 1.54) is 18.2 Å². The smallest absolute Gasteiger partial charge is 0.480 e. The van der Waals surface area contributed by atoms with Crippen molar-refractivity contribution in [2.75, 3.05) is 19.8 Å². The molecule has 11 nitrogen and oxygen atoms in total. The van der Waals surface area contributed by atoms with Crippen LogP contribution in [0, 0.1) is 5.92 Å². The van der Waals surface area contributed by atoms with Crippen LogP contribution in [0.2, 0.25) is 0 Å². The molecule has 11 heteroatoms. The second-order valence-corrected chi connectivity index (χ2v) is 8.44. The van der Waals surface area contributed by atoms with Crippen molar-refractivity contribution in [2.24, 2.45) is 5.92 Å². The number of carbonyl (C=O) groups excluding carboxylic acids is 3. The van der Waals surface area contributed by atoms with Crippen LogP contribution in [0.5, 0.6) is 11.5 Å². The molecule has 0 spiro atoms. The molecule has 1 fully saturated rings. The average molecular weight is 510 g/mol. The molecule has 200 valence electrons. The Morgan fingerprint density at radius 1 is 0.972 bits per heavy atom. The zero-order valence-corrected chi connectivity index (χ0v) is 20.9. The van der Waals surface area contributed by atoms with E-state index in [1.807, 2.05) is 0 Å². The molecule has 1 aromatic carbocycles. The minimum Gasteiger partial charge on any atom is -0.480 e. The van der Waals surface area contributed by atoms with Gasteiger partial charge in [-0.25, -0.2) is 9.59 Å². The first-order valence-electron chi connectivity index (χ1n) is 12.2. The van der Waals surface area contributed by atoms with Gasteiger partial charge >= 0.3 is 24.2 Å². The quantitative estimate of drug-likeness (QED) is 0.240. The zero-order valence-electron chi connectivity index (χ0n) is 20.9. The second kappa shape index (κ2) is 14.9. The fourth-order valence-electron chi connectivity index (χ4n) is 3.78. The van der Waals surface area contributed by atoms with Crippen molar-refractivity contribution in [3.8, 4) is 11.5 Å². The van der Waals surface area contributed by atoms with Crippen molar-refractivity contribution >= 4 is 24.2 Å². The Morgan fingerprint density at radius 3 is 2.17 bits per heavy atom. The lowest BCUT2D eigenvalue weighted by molar-refractivity contribution is -0.154. The van der Waals surface area contributed by atoms with Crippen molar-refractivity contribution in [3.63, 3.8) is 0 Å². The maximum Gasteiger partial charge on any atom is 0.513 e. The normalized spacial score (nSPS) is 15.3. The van der Waals surface area contributed by atoms with Gasteiger partial charge in [0.1, 0.15) is 12.1 Å². The maximum atomic E-state index is 12.3. The molecule has 0 aliphatic heterocycles. The summed E-state index contributed by atoms with van der Waals surface area (Å²) in [5.74, 6) is -1.66. The fourth-order valence-corrected chi connectivity index (χ4v) is 3.78. The minimum atomic E-state index is -1.11. The lowest BCUT2D eigenvalue weighted by atomic mass is 9.89. The minimum absolute atomic E-state index is 0.0114. The number of nitrogens with one attached hydrogen (secondary N) is 1. The van der Waals surface area contributed by atoms with Crippen LogP contribution in [-0.4, -0.2) is 61.3 Å². The van der Waals surface area contributed by atoms with E-state index in [2.05, 4.69) is 5.32 Å². The van der Waals surface area contributed by atoms with Crippen LogP contribution < -0.4 is 14.8 Å². The van der Waals surface area contributed by atoms with Gasteiger partial charge in [-0.3, -0.25) is 9.59 Å². The molecule has 1 saturated carbocycles. The number of rotatable bonds is 12. The summed E-state index contributed by atoms with van der Waals surface area (Å²) in [6, 6.07) is 3.27. The molecule has 1 unspecified atom stereocenters. The largest absolute Gasteiger partial charge is 0.513 e. The first-order valence-corrected chi connectivity index (χ1v) is 12.2. The Bertz CT molecular complexity index is 897. The first kappa shape index (κ1) is 28.9. The van der Waals surface area contributed by atoms with Crippen LogP contribution in [0.3, 0.4) is 0 Å². The molecule has 0 aromatic heterocycles. The fraction of sp³-hybridized carbons (Fsp3) is 0.600. The van der Waals surface area contributed by atoms with Crippen molar-refractivity contribution in [2.45, 2.75) is 71.4 Å². The number of carboxylic acid groups (broad SMARTS) is 1. The zero-order chi connectivity index (χ0) is 26.5. The number of benzene rings is 1. The van der Waals surface area contributed by atoms with Crippen LogP contribution >= 0.6 is 0 Å². The highest BCUT2D eigenvalue weighted by atomic mass is 16.7. The third kappa shape index (κ3) is 9.73. The lowest BCUT2D eigenvalue weighted by Crippen LogP contribution is -2.43. The number of carbonyl (C=O) groups is 4. The van der Waals surface area contributed by atoms with Gasteiger partial charge in [-0.1, -0.05) is 25.3 Å². The van der Waals surface area contributed by atoms with E-state index in [9.17, 15) is 24.3 Å². The summed E-state index contributed by atoms with van der Waals surface area (Å²) in [6.45, 7) is 5.22. The standard InChI is InChI=1S/C25H35NO10/c1-4-32-24(30)35-20-12-11-17(14-21(20)36-25(31)33-5-2)13-19(22(27)28)26-15-16(3)34-23(29)18-9-7-6-8-10-18/h11-12,14,16,18-19,26H,4-10,13,15H2,1-3H3,(H,27,28)/t16?,19-/m0/s1. The summed E-state index contributed by atoms with van der Waals surface area (Å²) in [7, 11) is 0. The molecule has 0 heterocycles. The Labute approximate surface area is 210 Å². The number of ether oxygens (including phenoxy) is 5. The van der Waals surface area contributed by atoms with Crippen molar-refractivity contribution in [1.29, 1.82) is 0 Å². The molecule has 0 saturated heterocycles. The number of hydrogen-bond donors (Lipinski definition) is 2. The molecular weight excluding hydrogens is 474 g/mol. The van der Waals surface area contributed by atoms with Crippen LogP contribution in [0.15, 0.2) is 18.2 Å². The summed E-state index contributed by atoms with van der Waals surface area (Å²) in [4.78, 5) is 47.7. The molecule has 36 heavy (non-hydrogen) atoms. The SMILES string of the molecule is CCOC(=O)Oc1ccc(C[C@H](NCC(C)OC(=O)C2CCCCC2)C(=O)O)cc1OC(=O)OCC. The van der Waals surface area contributed by atoms with Gasteiger partial charge in [0.2, 0.25) is 0 Å². The van der Waals surface area contributed by atoms with E-state index in [-0.39, 0.29) is 49.6 Å². The molecule has 0 radical (unpaired) electrons. The summed E-state index contributed by atoms with van der Waals surface area (Å²) in [6.07, 6.45) is 2.31. The van der Waals surface area contributed by atoms with Gasteiger partial charge in [0.25, 0.3) is 0 Å². The molecule has 1 aromatic rings. The molecular formula is C25H35NO10. The summed E-state index contributed by atoms with van der Waals surface area (Å²) < 4.78 is 25.2. The Hall–Kier alpha value is -3.34. The van der Waals surface area contributed by atoms with Crippen LogP contribution in [0.25, 0.3) is 0 Å². The van der Waals surface area contributed by atoms with E-state index in [0.717, 1.165) is 32.1 Å². The Balaban J connectivity index is 2.04. The third-order valence-electron chi connectivity index (χ3n) is 5.56. The topological polar surface area (TPSA) is 147 Å². The molecule has 2 atom stereocenters. The van der Waals surface area contributed by atoms with Crippen molar-refractivity contribution in [3.05, 3.63) is 23.8 Å². The van der Waals surface area contributed by atoms with Gasteiger partial charge in [-0.15, -0.1) is 0 Å². The van der Waals surface area contributed by atoms with Gasteiger partial charge in [0, 0.05) is 6.54 Å². The second-order valence-electron chi connectivity index (χ2n) is 8.44. The lowest BCUT2D eigenvalue weighted by Gasteiger charge is -2.23. The number of carboxylic acids is 1. The number of aliphatic carboxylic acids is 1. The number of hydrogen-bond acceptors (Lipinski definition) is 10. The van der Waals surface area contributed by atoms with E-state index >= 15 is 0 Å². The highest BCUT2D eigenvalue weighted by molar-refractivity contribution is 5.74. The summed E-state index contributed by atoms with van der Waals surface area (Å²) in [5.41, 5.74) is 0.484. The number of esters is 1. The van der Waals surface area contributed by atoms with E-state index < -0.39 is 30.4 Å². The molecule has 0 amide bonds. The highest BCUT2D eigenvalue weighted by Crippen LogP contribution is 2.30. The van der Waals surface area contributed by atoms with E-state index in [4.69, 9.17) is 23.7 Å². The molecule has 1 aliphatic carbocycles. The monoisotopic (exact) mass is 509 g/mol. The summed E-state index contributed by atoms with van der Waals surface area (Å²) >= 11 is 0. The maximum absolute atomic E-state index is 12.3. The molecule has 2 rings (SSSR count). The predicted octanol–water partition coefficient (Wildman–Crippen LogP) is 3.85. The Morgan fingerprint density at radius 2 is 1.58 bits per heavy atom. The van der Waals surface area contributed by atoms with Crippen molar-refractivity contribution in [1.82, 2.24) is 5.32 Å². The molecule has 1 aliphatic rings. The Kier molecular flexibility index (Phi) is 12.0. The van der Waals surface area contributed by atoms with Crippen LogP contribution in [0.4, 0.5) is 9.59 Å². The van der Waals surface area contributed by atoms with Gasteiger partial charge in [0.05, 0.1) is 19.1 Å². The van der Waals surface area contributed by atoms with Gasteiger partial charge in [-0.2, -0.15) is 0 Å². The molecule has 2 N–H and O–H groups in total. The van der Waals surface area contributed by atoms with Crippen molar-refractivity contribution < 1.29 is 48.0 Å². The third-order valence-corrected chi connectivity index (χ3v) is 5.56.